The first-order valence-electron chi connectivity index (χ1n) is 5.37. The van der Waals surface area contributed by atoms with Gasteiger partial charge in [0.2, 0.25) is 0 Å². The number of pyridine rings is 2. The van der Waals surface area contributed by atoms with Crippen molar-refractivity contribution in [1.82, 2.24) is 9.97 Å². The number of aromatic nitrogens is 2. The molecular formula is C13H11ClN4. The molecule has 0 fully saturated rings. The predicted octanol–water partition coefficient (Wildman–Crippen LogP) is 2.64. The summed E-state index contributed by atoms with van der Waals surface area (Å²) in [6, 6.07) is 9.19. The topological polar surface area (TPSA) is 52.8 Å². The Morgan fingerprint density at radius 1 is 1.44 bits per heavy atom. The fourth-order valence-electron chi connectivity index (χ4n) is 1.59. The summed E-state index contributed by atoms with van der Waals surface area (Å²) >= 11 is 5.87. The van der Waals surface area contributed by atoms with Crippen molar-refractivity contribution in [2.75, 3.05) is 11.9 Å². The van der Waals surface area contributed by atoms with Crippen LogP contribution in [0, 0.1) is 11.3 Å². The first-order valence-corrected chi connectivity index (χ1v) is 5.74. The van der Waals surface area contributed by atoms with E-state index in [9.17, 15) is 0 Å². The summed E-state index contributed by atoms with van der Waals surface area (Å²) in [6.07, 6.45) is 3.53. The van der Waals surface area contributed by atoms with Gasteiger partial charge in [0.05, 0.1) is 11.6 Å². The summed E-state index contributed by atoms with van der Waals surface area (Å²) in [4.78, 5) is 10.2. The van der Waals surface area contributed by atoms with E-state index in [1.54, 1.807) is 24.5 Å². The third-order valence-electron chi connectivity index (χ3n) is 2.44. The van der Waals surface area contributed by atoms with Crippen LogP contribution in [-0.2, 0) is 6.54 Å². The molecule has 0 aliphatic carbocycles. The quantitative estimate of drug-likeness (QED) is 0.794. The van der Waals surface area contributed by atoms with Crippen molar-refractivity contribution in [2.24, 2.45) is 0 Å². The first-order chi connectivity index (χ1) is 8.69. The molecule has 0 saturated heterocycles. The SMILES string of the molecule is CN(Cc1cccnc1)c1cc(C#N)cc(Cl)n1. The van der Waals surface area contributed by atoms with E-state index in [0.717, 1.165) is 5.56 Å². The van der Waals surface area contributed by atoms with Crippen LogP contribution < -0.4 is 4.90 Å². The molecule has 2 rings (SSSR count). The lowest BCUT2D eigenvalue weighted by Crippen LogP contribution is -2.17. The maximum atomic E-state index is 8.89. The van der Waals surface area contributed by atoms with Crippen molar-refractivity contribution >= 4 is 17.4 Å². The van der Waals surface area contributed by atoms with E-state index in [4.69, 9.17) is 16.9 Å². The molecule has 2 aromatic heterocycles. The van der Waals surface area contributed by atoms with Crippen LogP contribution >= 0.6 is 11.6 Å². The van der Waals surface area contributed by atoms with Gasteiger partial charge in [-0.05, 0) is 23.8 Å². The average molecular weight is 259 g/mol. The molecule has 0 bridgehead atoms. The summed E-state index contributed by atoms with van der Waals surface area (Å²) in [7, 11) is 1.90. The van der Waals surface area contributed by atoms with Crippen LogP contribution in [0.15, 0.2) is 36.7 Å². The molecule has 0 radical (unpaired) electrons. The fraction of sp³-hybridized carbons (Fsp3) is 0.154. The van der Waals surface area contributed by atoms with E-state index in [0.29, 0.717) is 23.1 Å². The molecule has 0 atom stereocenters. The number of halogens is 1. The van der Waals surface area contributed by atoms with Crippen molar-refractivity contribution < 1.29 is 0 Å². The fourth-order valence-corrected chi connectivity index (χ4v) is 1.79. The molecule has 0 aliphatic heterocycles. The van der Waals surface area contributed by atoms with E-state index in [2.05, 4.69) is 16.0 Å². The monoisotopic (exact) mass is 258 g/mol. The second-order valence-corrected chi connectivity index (χ2v) is 4.25. The van der Waals surface area contributed by atoms with Crippen molar-refractivity contribution in [3.05, 3.63) is 52.9 Å². The summed E-state index contributed by atoms with van der Waals surface area (Å²) in [5.41, 5.74) is 1.57. The minimum absolute atomic E-state index is 0.321. The van der Waals surface area contributed by atoms with Gasteiger partial charge in [-0.3, -0.25) is 4.98 Å². The highest BCUT2D eigenvalue weighted by molar-refractivity contribution is 6.29. The molecule has 0 aliphatic rings. The highest BCUT2D eigenvalue weighted by Gasteiger charge is 2.06. The number of nitriles is 1. The molecule has 5 heteroatoms. The average Bonchev–Trinajstić information content (AvgIpc) is 2.39. The van der Waals surface area contributed by atoms with Gasteiger partial charge < -0.3 is 4.90 Å². The van der Waals surface area contributed by atoms with Crippen LogP contribution in [-0.4, -0.2) is 17.0 Å². The second-order valence-electron chi connectivity index (χ2n) is 3.87. The van der Waals surface area contributed by atoms with Crippen molar-refractivity contribution in [2.45, 2.75) is 6.54 Å². The minimum Gasteiger partial charge on any atom is -0.355 e. The molecular weight excluding hydrogens is 248 g/mol. The van der Waals surface area contributed by atoms with Gasteiger partial charge in [-0.15, -0.1) is 0 Å². The molecule has 0 aromatic carbocycles. The molecule has 0 amide bonds. The van der Waals surface area contributed by atoms with E-state index in [1.807, 2.05) is 24.1 Å². The molecule has 90 valence electrons. The molecule has 0 N–H and O–H groups in total. The largest absolute Gasteiger partial charge is 0.355 e. The highest BCUT2D eigenvalue weighted by Crippen LogP contribution is 2.18. The van der Waals surface area contributed by atoms with Crippen molar-refractivity contribution in [3.8, 4) is 6.07 Å². The second kappa shape index (κ2) is 5.48. The Balaban J connectivity index is 2.21. The van der Waals surface area contributed by atoms with E-state index < -0.39 is 0 Å². The number of hydrogen-bond acceptors (Lipinski definition) is 4. The Kier molecular flexibility index (Phi) is 3.75. The molecule has 2 aromatic rings. The maximum Gasteiger partial charge on any atom is 0.132 e. The Labute approximate surface area is 110 Å². The number of anilines is 1. The van der Waals surface area contributed by atoms with Crippen LogP contribution in [0.25, 0.3) is 0 Å². The standard InChI is InChI=1S/C13H11ClN4/c1-18(9-10-3-2-4-16-8-10)13-6-11(7-15)5-12(14)17-13/h2-6,8H,9H2,1H3. The lowest BCUT2D eigenvalue weighted by atomic mass is 10.2. The zero-order chi connectivity index (χ0) is 13.0. The molecule has 0 unspecified atom stereocenters. The normalized spacial score (nSPS) is 9.83. The Hall–Kier alpha value is -2.12. The van der Waals surface area contributed by atoms with E-state index in [-0.39, 0.29) is 0 Å². The molecule has 0 spiro atoms. The Morgan fingerprint density at radius 2 is 2.28 bits per heavy atom. The van der Waals surface area contributed by atoms with Gasteiger partial charge in [0.1, 0.15) is 11.0 Å². The first kappa shape index (κ1) is 12.3. The number of nitrogens with zero attached hydrogens (tertiary/aromatic N) is 4. The smallest absolute Gasteiger partial charge is 0.132 e. The van der Waals surface area contributed by atoms with Gasteiger partial charge in [0.15, 0.2) is 0 Å². The summed E-state index contributed by atoms with van der Waals surface area (Å²) in [5.74, 6) is 0.669. The minimum atomic E-state index is 0.321. The van der Waals surface area contributed by atoms with E-state index >= 15 is 0 Å². The third kappa shape index (κ3) is 2.96. The molecule has 2 heterocycles. The molecule has 18 heavy (non-hydrogen) atoms. The highest BCUT2D eigenvalue weighted by atomic mass is 35.5. The summed E-state index contributed by atoms with van der Waals surface area (Å²) in [5, 5.41) is 9.21. The third-order valence-corrected chi connectivity index (χ3v) is 2.64. The number of hydrogen-bond donors (Lipinski definition) is 0. The lowest BCUT2D eigenvalue weighted by Gasteiger charge is -2.18. The van der Waals surface area contributed by atoms with Crippen LogP contribution in [0.3, 0.4) is 0 Å². The molecule has 4 nitrogen and oxygen atoms in total. The van der Waals surface area contributed by atoms with Gasteiger partial charge in [0, 0.05) is 26.0 Å². The van der Waals surface area contributed by atoms with Crippen molar-refractivity contribution in [1.29, 1.82) is 5.26 Å². The lowest BCUT2D eigenvalue weighted by molar-refractivity contribution is 0.891. The summed E-state index contributed by atoms with van der Waals surface area (Å²) < 4.78 is 0. The van der Waals surface area contributed by atoms with Gasteiger partial charge in [-0.1, -0.05) is 17.7 Å². The predicted molar refractivity (Wildman–Crippen MR) is 70.3 cm³/mol. The Bertz CT molecular complexity index is 577. The van der Waals surface area contributed by atoms with Gasteiger partial charge in [0.25, 0.3) is 0 Å². The van der Waals surface area contributed by atoms with Crippen LogP contribution in [0.5, 0.6) is 0 Å². The van der Waals surface area contributed by atoms with Gasteiger partial charge >= 0.3 is 0 Å². The van der Waals surface area contributed by atoms with Crippen molar-refractivity contribution in [3.63, 3.8) is 0 Å². The van der Waals surface area contributed by atoms with Crippen LogP contribution in [0.4, 0.5) is 5.82 Å². The maximum absolute atomic E-state index is 8.89. The van der Waals surface area contributed by atoms with Crippen LogP contribution in [0.1, 0.15) is 11.1 Å². The van der Waals surface area contributed by atoms with Gasteiger partial charge in [-0.25, -0.2) is 4.98 Å². The van der Waals surface area contributed by atoms with Gasteiger partial charge in [-0.2, -0.15) is 5.26 Å². The Morgan fingerprint density at radius 3 is 2.94 bits per heavy atom. The zero-order valence-corrected chi connectivity index (χ0v) is 10.6. The van der Waals surface area contributed by atoms with Crippen LogP contribution in [0.2, 0.25) is 5.15 Å². The zero-order valence-electron chi connectivity index (χ0n) is 9.84. The summed E-state index contributed by atoms with van der Waals surface area (Å²) in [6.45, 7) is 0.659. The number of rotatable bonds is 3. The molecule has 0 saturated carbocycles. The van der Waals surface area contributed by atoms with E-state index in [1.165, 1.54) is 0 Å².